The van der Waals surface area contributed by atoms with Gasteiger partial charge in [0.25, 0.3) is 5.91 Å². The van der Waals surface area contributed by atoms with Gasteiger partial charge in [-0.2, -0.15) is 0 Å². The molecule has 2 atom stereocenters. The molecule has 4 aromatic rings. The number of aryl methyl sites for hydroxylation is 1. The fraction of sp³-hybridized carbons (Fsp3) is 0.432. The highest BCUT2D eigenvalue weighted by Crippen LogP contribution is 2.30. The third-order valence-corrected chi connectivity index (χ3v) is 8.60. The topological polar surface area (TPSA) is 123 Å². The van der Waals surface area contributed by atoms with Gasteiger partial charge in [-0.25, -0.2) is 4.98 Å². The second-order valence-corrected chi connectivity index (χ2v) is 13.1. The van der Waals surface area contributed by atoms with Crippen molar-refractivity contribution >= 4 is 22.8 Å². The van der Waals surface area contributed by atoms with Crippen molar-refractivity contribution < 1.29 is 19.4 Å². The Balaban J connectivity index is 1.15. The largest absolute Gasteiger partial charge is 0.389 e. The van der Waals surface area contributed by atoms with E-state index < -0.39 is 5.60 Å². The van der Waals surface area contributed by atoms with Gasteiger partial charge in [0.05, 0.1) is 16.6 Å². The first kappa shape index (κ1) is 33.3. The molecule has 0 unspecified atom stereocenters. The van der Waals surface area contributed by atoms with Crippen molar-refractivity contribution in [2.45, 2.75) is 70.1 Å². The van der Waals surface area contributed by atoms with Crippen LogP contribution in [0.5, 0.6) is 0 Å². The summed E-state index contributed by atoms with van der Waals surface area (Å²) in [5, 5.41) is 12.6. The number of hydrogen-bond donors (Lipinski definition) is 3. The van der Waals surface area contributed by atoms with E-state index in [4.69, 9.17) is 15.5 Å². The number of benzene rings is 3. The molecule has 0 saturated carbocycles. The summed E-state index contributed by atoms with van der Waals surface area (Å²) >= 11 is 0. The monoisotopic (exact) mass is 625 g/mol. The summed E-state index contributed by atoms with van der Waals surface area (Å²) in [5.74, 6) is 1.13. The first-order valence-electron chi connectivity index (χ1n) is 16.3. The molecule has 1 aliphatic heterocycles. The molecule has 4 N–H and O–H groups in total. The SMILES string of the molecule is COCCCn1c([C@@H]2CCCN(C(=O)C[C@H](N)Cc3ccc(-c4ccc(C(=O)NCC(C)(C)O)cc4)cc3)C2)nc2ccccc21. The molecular formula is C37H47N5O4. The molecule has 2 heterocycles. The average molecular weight is 626 g/mol. The Bertz CT molecular complexity index is 1610. The summed E-state index contributed by atoms with van der Waals surface area (Å²) in [4.78, 5) is 32.8. The lowest BCUT2D eigenvalue weighted by Gasteiger charge is -2.33. The first-order chi connectivity index (χ1) is 22.1. The second-order valence-electron chi connectivity index (χ2n) is 13.1. The zero-order valence-corrected chi connectivity index (χ0v) is 27.2. The lowest BCUT2D eigenvalue weighted by atomic mass is 9.95. The number of nitrogens with one attached hydrogen (secondary N) is 1. The average Bonchev–Trinajstić information content (AvgIpc) is 3.42. The van der Waals surface area contributed by atoms with Crippen LogP contribution < -0.4 is 11.1 Å². The Morgan fingerprint density at radius 1 is 1.07 bits per heavy atom. The standard InChI is InChI=1S/C37H47N5O4/c1-37(2,45)25-39-36(44)29-17-15-28(16-18-29)27-13-11-26(12-14-27)22-31(38)23-34(43)41-19-6-8-30(24-41)35-40-32-9-4-5-10-33(32)42(35)20-7-21-46-3/h4-5,9-18,30-31,45H,6-8,19-25,38H2,1-3H3,(H,39,44)/t30-,31-/m1/s1. The van der Waals surface area contributed by atoms with Gasteiger partial charge in [-0.3, -0.25) is 9.59 Å². The number of likely N-dealkylation sites (tertiary alicyclic amines) is 1. The molecule has 0 radical (unpaired) electrons. The molecule has 2 amide bonds. The molecule has 1 fully saturated rings. The molecule has 5 rings (SSSR count). The maximum Gasteiger partial charge on any atom is 0.251 e. The van der Waals surface area contributed by atoms with Gasteiger partial charge in [0, 0.05) is 63.8 Å². The van der Waals surface area contributed by atoms with Crippen molar-refractivity contribution in [3.05, 3.63) is 89.7 Å². The maximum atomic E-state index is 13.4. The highest BCUT2D eigenvalue weighted by atomic mass is 16.5. The minimum absolute atomic E-state index is 0.0996. The molecule has 0 aliphatic carbocycles. The summed E-state index contributed by atoms with van der Waals surface area (Å²) < 4.78 is 7.61. The predicted octanol–water partition coefficient (Wildman–Crippen LogP) is 4.91. The van der Waals surface area contributed by atoms with Gasteiger partial charge in [-0.15, -0.1) is 0 Å². The number of rotatable bonds is 13. The maximum absolute atomic E-state index is 13.4. The number of imidazole rings is 1. The van der Waals surface area contributed by atoms with Crippen molar-refractivity contribution in [1.82, 2.24) is 19.8 Å². The number of piperidine rings is 1. The van der Waals surface area contributed by atoms with Gasteiger partial charge >= 0.3 is 0 Å². The molecule has 244 valence electrons. The smallest absolute Gasteiger partial charge is 0.251 e. The Labute approximate surface area is 271 Å². The third-order valence-electron chi connectivity index (χ3n) is 8.60. The fourth-order valence-electron chi connectivity index (χ4n) is 6.20. The number of aliphatic hydroxyl groups is 1. The van der Waals surface area contributed by atoms with E-state index in [9.17, 15) is 14.7 Å². The number of carbonyl (C=O) groups is 2. The van der Waals surface area contributed by atoms with E-state index in [-0.39, 0.29) is 30.3 Å². The van der Waals surface area contributed by atoms with E-state index in [0.29, 0.717) is 31.6 Å². The number of nitrogens with two attached hydrogens (primary N) is 1. The van der Waals surface area contributed by atoms with Crippen LogP contribution in [0.25, 0.3) is 22.2 Å². The summed E-state index contributed by atoms with van der Waals surface area (Å²) in [6, 6.07) is 23.6. The molecule has 46 heavy (non-hydrogen) atoms. The Morgan fingerprint density at radius 2 is 1.76 bits per heavy atom. The van der Waals surface area contributed by atoms with E-state index in [1.807, 2.05) is 41.3 Å². The number of para-hydroxylation sites is 2. The minimum Gasteiger partial charge on any atom is -0.389 e. The van der Waals surface area contributed by atoms with Gasteiger partial charge in [-0.05, 0) is 80.5 Å². The van der Waals surface area contributed by atoms with Crippen LogP contribution >= 0.6 is 0 Å². The molecule has 0 bridgehead atoms. The zero-order chi connectivity index (χ0) is 32.7. The first-order valence-corrected chi connectivity index (χ1v) is 16.3. The molecule has 3 aromatic carbocycles. The van der Waals surface area contributed by atoms with Gasteiger partial charge < -0.3 is 30.4 Å². The molecule has 1 saturated heterocycles. The van der Waals surface area contributed by atoms with Crippen LogP contribution in [0.2, 0.25) is 0 Å². The quantitative estimate of drug-likeness (QED) is 0.182. The van der Waals surface area contributed by atoms with Crippen LogP contribution in [-0.4, -0.2) is 76.4 Å². The van der Waals surface area contributed by atoms with Crippen molar-refractivity contribution in [3.63, 3.8) is 0 Å². The van der Waals surface area contributed by atoms with Crippen LogP contribution in [0.3, 0.4) is 0 Å². The van der Waals surface area contributed by atoms with Crippen molar-refractivity contribution in [3.8, 4) is 11.1 Å². The summed E-state index contributed by atoms with van der Waals surface area (Å²) in [5.41, 5.74) is 11.3. The van der Waals surface area contributed by atoms with Crippen LogP contribution in [0.4, 0.5) is 0 Å². The Hall–Kier alpha value is -4.05. The number of amides is 2. The lowest BCUT2D eigenvalue weighted by Crippen LogP contribution is -2.42. The number of aromatic nitrogens is 2. The molecule has 9 nitrogen and oxygen atoms in total. The van der Waals surface area contributed by atoms with E-state index in [1.54, 1.807) is 33.1 Å². The highest BCUT2D eigenvalue weighted by Gasteiger charge is 2.29. The number of fused-ring (bicyclic) bond motifs is 1. The van der Waals surface area contributed by atoms with E-state index in [2.05, 4.69) is 34.1 Å². The molecular weight excluding hydrogens is 578 g/mol. The fourth-order valence-corrected chi connectivity index (χ4v) is 6.20. The van der Waals surface area contributed by atoms with Crippen LogP contribution in [0, 0.1) is 0 Å². The van der Waals surface area contributed by atoms with Crippen molar-refractivity contribution in [2.75, 3.05) is 33.4 Å². The van der Waals surface area contributed by atoms with E-state index in [1.165, 1.54) is 0 Å². The Kier molecular flexibility index (Phi) is 10.9. The third kappa shape index (κ3) is 8.60. The van der Waals surface area contributed by atoms with Crippen LogP contribution in [-0.2, 0) is 22.5 Å². The van der Waals surface area contributed by atoms with Crippen LogP contribution in [0.1, 0.15) is 67.2 Å². The van der Waals surface area contributed by atoms with E-state index in [0.717, 1.165) is 65.9 Å². The number of carbonyl (C=O) groups excluding carboxylic acids is 2. The van der Waals surface area contributed by atoms with Gasteiger partial charge in [-0.1, -0.05) is 48.5 Å². The van der Waals surface area contributed by atoms with Gasteiger partial charge in [0.2, 0.25) is 5.91 Å². The molecule has 1 aliphatic rings. The highest BCUT2D eigenvalue weighted by molar-refractivity contribution is 5.94. The zero-order valence-electron chi connectivity index (χ0n) is 27.2. The summed E-state index contributed by atoms with van der Waals surface area (Å²) in [6.07, 6.45) is 3.77. The number of hydrogen-bond acceptors (Lipinski definition) is 6. The Morgan fingerprint density at radius 3 is 2.46 bits per heavy atom. The molecule has 0 spiro atoms. The van der Waals surface area contributed by atoms with Gasteiger partial charge in [0.15, 0.2) is 0 Å². The van der Waals surface area contributed by atoms with Crippen LogP contribution in [0.15, 0.2) is 72.8 Å². The normalized spacial score (nSPS) is 16.0. The number of methoxy groups -OCH3 is 1. The lowest BCUT2D eigenvalue weighted by molar-refractivity contribution is -0.132. The second kappa shape index (κ2) is 15.0. The van der Waals surface area contributed by atoms with E-state index >= 15 is 0 Å². The van der Waals surface area contributed by atoms with Gasteiger partial charge in [0.1, 0.15) is 5.82 Å². The predicted molar refractivity (Wildman–Crippen MR) is 182 cm³/mol. The minimum atomic E-state index is -0.963. The van der Waals surface area contributed by atoms with Crippen molar-refractivity contribution in [1.29, 1.82) is 0 Å². The number of nitrogens with zero attached hydrogens (tertiary/aromatic N) is 3. The number of ether oxygens (including phenoxy) is 1. The summed E-state index contributed by atoms with van der Waals surface area (Å²) in [6.45, 7) is 6.43. The molecule has 1 aromatic heterocycles. The summed E-state index contributed by atoms with van der Waals surface area (Å²) in [7, 11) is 1.73. The molecule has 9 heteroatoms. The van der Waals surface area contributed by atoms with Crippen molar-refractivity contribution in [2.24, 2.45) is 5.73 Å².